The Morgan fingerprint density at radius 3 is 2.40 bits per heavy atom. The molecule has 8 bridgehead atoms. The number of hydrogen-bond acceptors (Lipinski definition) is 4. The minimum absolute atomic E-state index is 0.0125. The van der Waals surface area contributed by atoms with E-state index < -0.39 is 11.9 Å². The van der Waals surface area contributed by atoms with E-state index in [0.29, 0.717) is 27.5 Å². The minimum Gasteiger partial charge on any atom is -0.481 e. The monoisotopic (exact) mass is 568 g/mol. The van der Waals surface area contributed by atoms with E-state index in [4.69, 9.17) is 4.99 Å². The van der Waals surface area contributed by atoms with Crippen molar-refractivity contribution in [3.8, 4) is 0 Å². The molecule has 3 aliphatic heterocycles. The van der Waals surface area contributed by atoms with Crippen LogP contribution in [0.3, 0.4) is 0 Å². The number of aromatic amines is 2. The highest BCUT2D eigenvalue weighted by molar-refractivity contribution is 6.24. The number of aromatic nitrogens is 2. The fourth-order valence-corrected chi connectivity index (χ4v) is 6.97. The van der Waals surface area contributed by atoms with Crippen molar-refractivity contribution >= 4 is 47.5 Å². The lowest BCUT2D eigenvalue weighted by Gasteiger charge is -2.23. The smallest absolute Gasteiger partial charge is 0.338 e. The molecule has 5 N–H and O–H groups in total. The average molecular weight is 569 g/mol. The highest BCUT2D eigenvalue weighted by Crippen LogP contribution is 2.40. The minimum atomic E-state index is -1.10. The molecule has 5 rings (SSSR count). The third kappa shape index (κ3) is 4.68. The normalized spacial score (nSPS) is 24.9. The maximum atomic E-state index is 12.7. The van der Waals surface area contributed by atoms with Crippen LogP contribution in [0.15, 0.2) is 34.1 Å². The quantitative estimate of drug-likeness (QED) is 0.329. The third-order valence-electron chi connectivity index (χ3n) is 9.17. The molecule has 0 fully saturated rings. The summed E-state index contributed by atoms with van der Waals surface area (Å²) >= 11 is 0. The Labute approximate surface area is 246 Å². The van der Waals surface area contributed by atoms with Crippen LogP contribution in [0, 0.1) is 31.6 Å². The van der Waals surface area contributed by atoms with Crippen LogP contribution in [0.25, 0.3) is 29.9 Å². The number of nitrogens with one attached hydrogen (secondary N) is 3. The number of aromatic carboxylic acids is 1. The van der Waals surface area contributed by atoms with Crippen molar-refractivity contribution in [3.05, 3.63) is 73.5 Å². The van der Waals surface area contributed by atoms with E-state index >= 15 is 0 Å². The molecular weight excluding hydrogens is 528 g/mol. The van der Waals surface area contributed by atoms with Crippen molar-refractivity contribution in [3.63, 3.8) is 0 Å². The fraction of sp³-hybridized carbons (Fsp3) is 0.382. The zero-order chi connectivity index (χ0) is 30.6. The van der Waals surface area contributed by atoms with Crippen LogP contribution in [0.5, 0.6) is 0 Å². The van der Waals surface area contributed by atoms with E-state index in [1.165, 1.54) is 5.57 Å². The van der Waals surface area contributed by atoms with Gasteiger partial charge in [-0.1, -0.05) is 40.3 Å². The number of carboxylic acids is 2. The van der Waals surface area contributed by atoms with E-state index in [0.717, 1.165) is 45.9 Å². The maximum absolute atomic E-state index is 12.7. The number of aliphatic imine (C=N–C) groups is 1. The van der Waals surface area contributed by atoms with Gasteiger partial charge in [0, 0.05) is 51.1 Å². The molecule has 0 saturated heterocycles. The molecule has 42 heavy (non-hydrogen) atoms. The number of aliphatic carboxylic acids is 1. The van der Waals surface area contributed by atoms with E-state index in [1.807, 2.05) is 18.2 Å². The maximum Gasteiger partial charge on any atom is 0.338 e. The lowest BCUT2D eigenvalue weighted by molar-refractivity contribution is -0.135. The zero-order valence-electron chi connectivity index (χ0n) is 25.4. The molecule has 2 aromatic rings. The highest BCUT2D eigenvalue weighted by Gasteiger charge is 2.38. The standard InChI is InChI=1S/C34H40N4O4/c1-9-20-16(5)23-12-25-18(7)30(15(3)4)32(37-25)22(11-29(39)40)33-31(34(41)42)19(8)26(38-33)14-28-21(10-2)17(6)24(36-28)13-27(20)35-23/h9,12-15,18,28,30,35-36,38H,1,10-11H2,2-8H3,(H,39,40)(H,41,42)/b24-13?,25-12-,26-14-,33-22-. The largest absolute Gasteiger partial charge is 0.481 e. The lowest BCUT2D eigenvalue weighted by atomic mass is 9.78. The second kappa shape index (κ2) is 10.8. The Kier molecular flexibility index (Phi) is 7.51. The zero-order valence-corrected chi connectivity index (χ0v) is 25.4. The van der Waals surface area contributed by atoms with E-state index in [2.05, 4.69) is 69.5 Å². The van der Waals surface area contributed by atoms with Crippen molar-refractivity contribution in [1.82, 2.24) is 15.3 Å². The molecule has 5 heterocycles. The predicted octanol–water partition coefficient (Wildman–Crippen LogP) is 5.16. The van der Waals surface area contributed by atoms with Crippen LogP contribution in [0.4, 0.5) is 0 Å². The van der Waals surface area contributed by atoms with Crippen molar-refractivity contribution in [2.75, 3.05) is 0 Å². The average Bonchev–Trinajstić information content (AvgIpc) is 3.60. The van der Waals surface area contributed by atoms with Crippen LogP contribution in [-0.2, 0) is 4.79 Å². The summed E-state index contributed by atoms with van der Waals surface area (Å²) in [6.07, 6.45) is 8.52. The van der Waals surface area contributed by atoms with Gasteiger partial charge in [-0.3, -0.25) is 9.79 Å². The number of nitrogens with zero attached hydrogens (tertiary/aromatic N) is 1. The fourth-order valence-electron chi connectivity index (χ4n) is 6.97. The van der Waals surface area contributed by atoms with E-state index in [9.17, 15) is 19.8 Å². The molecule has 0 saturated carbocycles. The highest BCUT2D eigenvalue weighted by atomic mass is 16.4. The summed E-state index contributed by atoms with van der Waals surface area (Å²) in [5.74, 6) is -2.11. The van der Waals surface area contributed by atoms with Crippen LogP contribution in [0.1, 0.15) is 85.9 Å². The van der Waals surface area contributed by atoms with Crippen LogP contribution in [-0.4, -0.2) is 43.9 Å². The molecule has 0 spiro atoms. The van der Waals surface area contributed by atoms with Crippen molar-refractivity contribution in [2.45, 2.75) is 67.3 Å². The molecule has 3 unspecified atom stereocenters. The number of carboxylic acid groups (broad SMARTS) is 2. The molecule has 3 aliphatic rings. The van der Waals surface area contributed by atoms with Crippen LogP contribution >= 0.6 is 0 Å². The summed E-state index contributed by atoms with van der Waals surface area (Å²) in [6.45, 7) is 18.4. The molecule has 3 atom stereocenters. The third-order valence-corrected chi connectivity index (χ3v) is 9.17. The number of hydrogen-bond donors (Lipinski definition) is 5. The van der Waals surface area contributed by atoms with Gasteiger partial charge in [0.25, 0.3) is 0 Å². The van der Waals surface area contributed by atoms with Crippen molar-refractivity contribution < 1.29 is 19.8 Å². The Hall–Kier alpha value is -4.33. The second-order valence-electron chi connectivity index (χ2n) is 11.9. The topological polar surface area (TPSA) is 131 Å². The Morgan fingerprint density at radius 2 is 1.81 bits per heavy atom. The first-order valence-corrected chi connectivity index (χ1v) is 14.6. The van der Waals surface area contributed by atoms with Crippen LogP contribution in [0.2, 0.25) is 0 Å². The number of rotatable bonds is 6. The van der Waals surface area contributed by atoms with Gasteiger partial charge in [-0.05, 0) is 73.6 Å². The van der Waals surface area contributed by atoms with Gasteiger partial charge in [0.2, 0.25) is 0 Å². The summed E-state index contributed by atoms with van der Waals surface area (Å²) < 4.78 is 0. The molecule has 0 amide bonds. The first-order chi connectivity index (χ1) is 19.9. The summed E-state index contributed by atoms with van der Waals surface area (Å²) in [7, 11) is 0. The SMILES string of the molecule is C=Cc1c2[nH]c(c1C)/C=C1N=C(/C(CC(=O)O)=c3\[nH]/c(c(C)c3C(=O)O)=C\C3NC(=C2)C(C)=C3CC)C(C(C)C)C\1C. The molecule has 8 nitrogen and oxygen atoms in total. The second-order valence-corrected chi connectivity index (χ2v) is 11.9. The molecule has 220 valence electrons. The number of allylic oxidation sites excluding steroid dienone is 2. The van der Waals surface area contributed by atoms with Gasteiger partial charge in [-0.2, -0.15) is 0 Å². The summed E-state index contributed by atoms with van der Waals surface area (Å²) in [6, 6.07) is -0.162. The lowest BCUT2D eigenvalue weighted by Crippen LogP contribution is -2.30. The van der Waals surface area contributed by atoms with Gasteiger partial charge in [-0.15, -0.1) is 0 Å². The van der Waals surface area contributed by atoms with Gasteiger partial charge in [0.05, 0.1) is 29.1 Å². The number of H-pyrrole nitrogens is 2. The summed E-state index contributed by atoms with van der Waals surface area (Å²) in [4.78, 5) is 37.0. The first-order valence-electron chi connectivity index (χ1n) is 14.6. The van der Waals surface area contributed by atoms with E-state index in [-0.39, 0.29) is 35.8 Å². The molecule has 0 aromatic carbocycles. The van der Waals surface area contributed by atoms with Gasteiger partial charge in [-0.25, -0.2) is 4.79 Å². The first kappa shape index (κ1) is 29.2. The number of carbonyl (C=O) groups is 2. The Bertz CT molecular complexity index is 1770. The molecule has 0 radical (unpaired) electrons. The Balaban J connectivity index is 1.96. The summed E-state index contributed by atoms with van der Waals surface area (Å²) in [5.41, 5.74) is 9.80. The summed E-state index contributed by atoms with van der Waals surface area (Å²) in [5, 5.41) is 25.0. The van der Waals surface area contributed by atoms with Crippen molar-refractivity contribution in [1.29, 1.82) is 0 Å². The van der Waals surface area contributed by atoms with Gasteiger partial charge in [0.15, 0.2) is 0 Å². The number of fused-ring (bicyclic) bond motifs is 7. The molecule has 8 heteroatoms. The molecular formula is C34H40N4O4. The van der Waals surface area contributed by atoms with Gasteiger partial charge < -0.3 is 25.5 Å². The molecule has 0 aliphatic carbocycles. The van der Waals surface area contributed by atoms with Crippen LogP contribution < -0.4 is 16.0 Å². The van der Waals surface area contributed by atoms with E-state index in [1.54, 1.807) is 6.92 Å². The molecule has 2 aromatic heterocycles. The van der Waals surface area contributed by atoms with Crippen molar-refractivity contribution in [2.24, 2.45) is 22.7 Å². The van der Waals surface area contributed by atoms with Gasteiger partial charge >= 0.3 is 11.9 Å². The predicted molar refractivity (Wildman–Crippen MR) is 168 cm³/mol. The Morgan fingerprint density at radius 1 is 1.10 bits per heavy atom. The van der Waals surface area contributed by atoms with Gasteiger partial charge in [0.1, 0.15) is 0 Å².